The first-order valence-corrected chi connectivity index (χ1v) is 8.80. The van der Waals surface area contributed by atoms with Crippen molar-refractivity contribution >= 4 is 17.8 Å². The van der Waals surface area contributed by atoms with Crippen LogP contribution in [0, 0.1) is 12.8 Å². The van der Waals surface area contributed by atoms with Crippen LogP contribution in [-0.4, -0.2) is 72.9 Å². The molecule has 0 spiro atoms. The van der Waals surface area contributed by atoms with Crippen LogP contribution in [0.2, 0.25) is 0 Å². The zero-order chi connectivity index (χ0) is 18.6. The molecule has 1 saturated heterocycles. The van der Waals surface area contributed by atoms with Crippen LogP contribution in [0.15, 0.2) is 6.20 Å². The minimum absolute atomic E-state index is 0.00792. The Balaban J connectivity index is 2.00. The third kappa shape index (κ3) is 4.90. The Hall–Kier alpha value is -2.18. The highest BCUT2D eigenvalue weighted by Crippen LogP contribution is 2.23. The van der Waals surface area contributed by atoms with Gasteiger partial charge in [-0.3, -0.25) is 9.59 Å². The summed E-state index contributed by atoms with van der Waals surface area (Å²) in [5, 5.41) is 0. The van der Waals surface area contributed by atoms with Crippen molar-refractivity contribution in [3.63, 3.8) is 0 Å². The summed E-state index contributed by atoms with van der Waals surface area (Å²) >= 11 is 0. The molecule has 2 heterocycles. The third-order valence-electron chi connectivity index (χ3n) is 4.67. The second-order valence-electron chi connectivity index (χ2n) is 7.15. The fourth-order valence-electron chi connectivity index (χ4n) is 3.09. The summed E-state index contributed by atoms with van der Waals surface area (Å²) in [6.07, 6.45) is 5.04. The van der Waals surface area contributed by atoms with Gasteiger partial charge in [0.15, 0.2) is 0 Å². The highest BCUT2D eigenvalue weighted by Gasteiger charge is 2.26. The maximum absolute atomic E-state index is 12.9. The van der Waals surface area contributed by atoms with Crippen LogP contribution in [0.5, 0.6) is 0 Å². The first kappa shape index (κ1) is 19.1. The molecule has 138 valence electrons. The average molecular weight is 347 g/mol. The number of carbonyl (C=O) groups is 2. The van der Waals surface area contributed by atoms with Gasteiger partial charge in [0, 0.05) is 53.9 Å². The molecule has 2 rings (SSSR count). The lowest BCUT2D eigenvalue weighted by atomic mass is 9.92. The van der Waals surface area contributed by atoms with Gasteiger partial charge < -0.3 is 14.7 Å². The van der Waals surface area contributed by atoms with Gasteiger partial charge >= 0.3 is 0 Å². The molecule has 0 N–H and O–H groups in total. The maximum Gasteiger partial charge on any atom is 0.257 e. The summed E-state index contributed by atoms with van der Waals surface area (Å²) in [6.45, 7) is 3.30. The quantitative estimate of drug-likeness (QED) is 0.809. The van der Waals surface area contributed by atoms with E-state index in [2.05, 4.69) is 9.97 Å². The standard InChI is InChI=1S/C18H29N5O2/c1-13-15(11-19-18(20-13)22(4)5)17(25)23-10-6-7-14(12-23)8-9-16(24)21(2)3/h11,14H,6-10,12H2,1-5H3/t14-/m0/s1. The van der Waals surface area contributed by atoms with Crippen LogP contribution in [0.25, 0.3) is 0 Å². The van der Waals surface area contributed by atoms with Gasteiger partial charge in [-0.1, -0.05) is 0 Å². The fourth-order valence-corrected chi connectivity index (χ4v) is 3.09. The summed E-state index contributed by atoms with van der Waals surface area (Å²) in [4.78, 5) is 38.6. The molecule has 2 amide bonds. The molecule has 7 nitrogen and oxygen atoms in total. The molecule has 0 aromatic carbocycles. The van der Waals surface area contributed by atoms with E-state index in [1.165, 1.54) is 0 Å². The van der Waals surface area contributed by atoms with Crippen molar-refractivity contribution in [1.29, 1.82) is 0 Å². The number of piperidine rings is 1. The molecule has 0 aliphatic carbocycles. The van der Waals surface area contributed by atoms with Crippen LogP contribution < -0.4 is 4.90 Å². The summed E-state index contributed by atoms with van der Waals surface area (Å²) in [6, 6.07) is 0. The van der Waals surface area contributed by atoms with Crippen molar-refractivity contribution in [2.75, 3.05) is 46.2 Å². The Morgan fingerprint density at radius 3 is 2.60 bits per heavy atom. The molecule has 0 unspecified atom stereocenters. The van der Waals surface area contributed by atoms with Gasteiger partial charge in [-0.15, -0.1) is 0 Å². The van der Waals surface area contributed by atoms with E-state index in [9.17, 15) is 9.59 Å². The minimum atomic E-state index is -0.00792. The molecule has 1 aliphatic heterocycles. The Labute approximate surface area is 150 Å². The molecule has 1 fully saturated rings. The van der Waals surface area contributed by atoms with Gasteiger partial charge in [0.1, 0.15) is 0 Å². The molecule has 0 saturated carbocycles. The molecule has 1 aromatic heterocycles. The minimum Gasteiger partial charge on any atom is -0.349 e. The Bertz CT molecular complexity index is 630. The largest absolute Gasteiger partial charge is 0.349 e. The molecule has 1 aromatic rings. The van der Waals surface area contributed by atoms with Gasteiger partial charge in [0.2, 0.25) is 11.9 Å². The summed E-state index contributed by atoms with van der Waals surface area (Å²) < 4.78 is 0. The highest BCUT2D eigenvalue weighted by molar-refractivity contribution is 5.95. The van der Waals surface area contributed by atoms with Crippen molar-refractivity contribution in [2.45, 2.75) is 32.6 Å². The van der Waals surface area contributed by atoms with Crippen molar-refractivity contribution in [1.82, 2.24) is 19.8 Å². The number of nitrogens with zero attached hydrogens (tertiary/aromatic N) is 5. The highest BCUT2D eigenvalue weighted by atomic mass is 16.2. The zero-order valence-electron chi connectivity index (χ0n) is 15.9. The van der Waals surface area contributed by atoms with E-state index in [-0.39, 0.29) is 11.8 Å². The van der Waals surface area contributed by atoms with E-state index >= 15 is 0 Å². The first-order valence-electron chi connectivity index (χ1n) is 8.80. The number of rotatable bonds is 5. The van der Waals surface area contributed by atoms with Gasteiger partial charge in [-0.05, 0) is 32.1 Å². The summed E-state index contributed by atoms with van der Waals surface area (Å²) in [5.74, 6) is 1.12. The predicted molar refractivity (Wildman–Crippen MR) is 97.7 cm³/mol. The number of hydrogen-bond donors (Lipinski definition) is 0. The molecule has 7 heteroatoms. The van der Waals surface area contributed by atoms with Crippen molar-refractivity contribution in [3.8, 4) is 0 Å². The van der Waals surface area contributed by atoms with E-state index < -0.39 is 0 Å². The smallest absolute Gasteiger partial charge is 0.257 e. The fraction of sp³-hybridized carbons (Fsp3) is 0.667. The SMILES string of the molecule is Cc1nc(N(C)C)ncc1C(=O)N1CCC[C@@H](CCC(=O)N(C)C)C1. The van der Waals surface area contributed by atoms with E-state index in [4.69, 9.17) is 0 Å². The van der Waals surface area contributed by atoms with Crippen LogP contribution in [-0.2, 0) is 4.79 Å². The lowest BCUT2D eigenvalue weighted by Gasteiger charge is -2.33. The predicted octanol–water partition coefficient (Wildman–Crippen LogP) is 1.57. The van der Waals surface area contributed by atoms with E-state index in [0.29, 0.717) is 36.1 Å². The van der Waals surface area contributed by atoms with Gasteiger partial charge in [-0.25, -0.2) is 9.97 Å². The van der Waals surface area contributed by atoms with Crippen molar-refractivity contribution in [3.05, 3.63) is 17.5 Å². The number of aromatic nitrogens is 2. The normalized spacial score (nSPS) is 17.3. The van der Waals surface area contributed by atoms with Gasteiger partial charge in [0.05, 0.1) is 11.3 Å². The van der Waals surface area contributed by atoms with Crippen LogP contribution in [0.3, 0.4) is 0 Å². The summed E-state index contributed by atoms with van der Waals surface area (Å²) in [7, 11) is 7.31. The number of carbonyl (C=O) groups excluding carboxylic acids is 2. The Kier molecular flexibility index (Phi) is 6.33. The second kappa shape index (κ2) is 8.27. The monoisotopic (exact) mass is 347 g/mol. The molecule has 25 heavy (non-hydrogen) atoms. The van der Waals surface area contributed by atoms with Crippen molar-refractivity contribution in [2.24, 2.45) is 5.92 Å². The Morgan fingerprint density at radius 1 is 1.28 bits per heavy atom. The van der Waals surface area contributed by atoms with Crippen molar-refractivity contribution < 1.29 is 9.59 Å². The zero-order valence-corrected chi connectivity index (χ0v) is 15.9. The second-order valence-corrected chi connectivity index (χ2v) is 7.15. The number of likely N-dealkylation sites (tertiary alicyclic amines) is 1. The average Bonchev–Trinajstić information content (AvgIpc) is 2.59. The van der Waals surface area contributed by atoms with Crippen LogP contribution in [0.1, 0.15) is 41.7 Å². The van der Waals surface area contributed by atoms with Crippen LogP contribution in [0.4, 0.5) is 5.95 Å². The molecular formula is C18H29N5O2. The van der Waals surface area contributed by atoms with E-state index in [0.717, 1.165) is 25.8 Å². The lowest BCUT2D eigenvalue weighted by Crippen LogP contribution is -2.40. The number of aryl methyl sites for hydroxylation is 1. The maximum atomic E-state index is 12.9. The van der Waals surface area contributed by atoms with E-state index in [1.807, 2.05) is 30.8 Å². The molecular weight excluding hydrogens is 318 g/mol. The third-order valence-corrected chi connectivity index (χ3v) is 4.67. The molecule has 1 aliphatic rings. The van der Waals surface area contributed by atoms with Crippen LogP contribution >= 0.6 is 0 Å². The number of amides is 2. The first-order chi connectivity index (χ1) is 11.8. The molecule has 0 bridgehead atoms. The van der Waals surface area contributed by atoms with Gasteiger partial charge in [-0.2, -0.15) is 0 Å². The van der Waals surface area contributed by atoms with Gasteiger partial charge in [0.25, 0.3) is 5.91 Å². The lowest BCUT2D eigenvalue weighted by molar-refractivity contribution is -0.129. The Morgan fingerprint density at radius 2 is 2.00 bits per heavy atom. The topological polar surface area (TPSA) is 69.6 Å². The molecule has 1 atom stereocenters. The molecule has 0 radical (unpaired) electrons. The summed E-state index contributed by atoms with van der Waals surface area (Å²) in [5.41, 5.74) is 1.27. The number of anilines is 1. The number of hydrogen-bond acceptors (Lipinski definition) is 5. The van der Waals surface area contributed by atoms with E-state index in [1.54, 1.807) is 25.2 Å².